The molecule has 0 N–H and O–H groups in total. The molecule has 0 bridgehead atoms. The summed E-state index contributed by atoms with van der Waals surface area (Å²) in [5, 5.41) is 1.21. The smallest absolute Gasteiger partial charge is 0.140 e. The van der Waals surface area contributed by atoms with Crippen molar-refractivity contribution in [1.29, 1.82) is 0 Å². The van der Waals surface area contributed by atoms with E-state index in [0.717, 1.165) is 24.4 Å². The van der Waals surface area contributed by atoms with Crippen LogP contribution in [0.4, 0.5) is 5.82 Å². The first-order valence-corrected chi connectivity index (χ1v) is 5.81. The predicted molar refractivity (Wildman–Crippen MR) is 65.7 cm³/mol. The van der Waals surface area contributed by atoms with E-state index < -0.39 is 0 Å². The van der Waals surface area contributed by atoms with Gasteiger partial charge in [-0.15, -0.1) is 0 Å². The second-order valence-corrected chi connectivity index (χ2v) is 4.36. The molecule has 1 aliphatic rings. The highest BCUT2D eigenvalue weighted by Gasteiger charge is 2.17. The fourth-order valence-corrected chi connectivity index (χ4v) is 2.43. The molecule has 0 amide bonds. The van der Waals surface area contributed by atoms with Crippen molar-refractivity contribution < 1.29 is 0 Å². The van der Waals surface area contributed by atoms with E-state index in [1.807, 2.05) is 0 Å². The van der Waals surface area contributed by atoms with E-state index in [1.54, 1.807) is 6.33 Å². The number of anilines is 1. The molecular weight excluding hydrogens is 198 g/mol. The number of nitrogens with zero attached hydrogens (tertiary/aromatic N) is 3. The number of aryl methyl sites for hydroxylation is 1. The first-order chi connectivity index (χ1) is 7.86. The van der Waals surface area contributed by atoms with E-state index in [9.17, 15) is 0 Å². The minimum absolute atomic E-state index is 1.05. The van der Waals surface area contributed by atoms with Gasteiger partial charge < -0.3 is 4.90 Å². The van der Waals surface area contributed by atoms with E-state index in [-0.39, 0.29) is 0 Å². The molecule has 0 spiro atoms. The Morgan fingerprint density at radius 3 is 2.75 bits per heavy atom. The lowest BCUT2D eigenvalue weighted by Gasteiger charge is -2.18. The summed E-state index contributed by atoms with van der Waals surface area (Å²) in [5.74, 6) is 1.11. The first-order valence-electron chi connectivity index (χ1n) is 5.81. The van der Waals surface area contributed by atoms with E-state index in [4.69, 9.17) is 0 Å². The van der Waals surface area contributed by atoms with Crippen LogP contribution in [0.25, 0.3) is 10.9 Å². The summed E-state index contributed by atoms with van der Waals surface area (Å²) in [7, 11) is 0. The Bertz CT molecular complexity index is 510. The molecule has 2 heterocycles. The van der Waals surface area contributed by atoms with Gasteiger partial charge in [0.15, 0.2) is 0 Å². The molecule has 3 heteroatoms. The van der Waals surface area contributed by atoms with Crippen LogP contribution in [0.2, 0.25) is 0 Å². The van der Waals surface area contributed by atoms with Crippen LogP contribution in [-0.4, -0.2) is 23.1 Å². The fourth-order valence-electron chi connectivity index (χ4n) is 2.43. The molecule has 1 aromatic carbocycles. The summed E-state index contributed by atoms with van der Waals surface area (Å²) in [5.41, 5.74) is 2.32. The molecular formula is C13H15N3. The molecule has 1 saturated heterocycles. The summed E-state index contributed by atoms with van der Waals surface area (Å²) < 4.78 is 0. The number of hydrogen-bond donors (Lipinski definition) is 0. The zero-order chi connectivity index (χ0) is 11.0. The van der Waals surface area contributed by atoms with Crippen molar-refractivity contribution in [1.82, 2.24) is 9.97 Å². The highest BCUT2D eigenvalue weighted by Crippen LogP contribution is 2.28. The van der Waals surface area contributed by atoms with Gasteiger partial charge in [-0.1, -0.05) is 12.1 Å². The number of fused-ring (bicyclic) bond motifs is 1. The van der Waals surface area contributed by atoms with E-state index in [2.05, 4.69) is 40.0 Å². The molecule has 2 aromatic rings. The SMILES string of the molecule is Cc1cccc2ncnc(N3CCCC3)c12. The van der Waals surface area contributed by atoms with Gasteiger partial charge in [0.2, 0.25) is 0 Å². The molecule has 0 atom stereocenters. The van der Waals surface area contributed by atoms with Crippen LogP contribution in [0.15, 0.2) is 24.5 Å². The fraction of sp³-hybridized carbons (Fsp3) is 0.385. The quantitative estimate of drug-likeness (QED) is 0.729. The average molecular weight is 213 g/mol. The third-order valence-corrected chi connectivity index (χ3v) is 3.26. The van der Waals surface area contributed by atoms with E-state index >= 15 is 0 Å². The maximum Gasteiger partial charge on any atom is 0.140 e. The van der Waals surface area contributed by atoms with Crippen molar-refractivity contribution in [3.05, 3.63) is 30.1 Å². The summed E-state index contributed by atoms with van der Waals surface area (Å²) in [6.45, 7) is 4.38. The molecule has 0 radical (unpaired) electrons. The third-order valence-electron chi connectivity index (χ3n) is 3.26. The molecule has 0 unspecified atom stereocenters. The Morgan fingerprint density at radius 2 is 1.94 bits per heavy atom. The zero-order valence-electron chi connectivity index (χ0n) is 9.48. The van der Waals surface area contributed by atoms with E-state index in [0.29, 0.717) is 0 Å². The van der Waals surface area contributed by atoms with Gasteiger partial charge in [0, 0.05) is 18.5 Å². The zero-order valence-corrected chi connectivity index (χ0v) is 9.48. The maximum absolute atomic E-state index is 4.46. The third kappa shape index (κ3) is 1.43. The first kappa shape index (κ1) is 9.58. The lowest BCUT2D eigenvalue weighted by Crippen LogP contribution is -2.19. The second kappa shape index (κ2) is 3.74. The van der Waals surface area contributed by atoms with Gasteiger partial charge in [0.1, 0.15) is 12.1 Å². The second-order valence-electron chi connectivity index (χ2n) is 4.36. The summed E-state index contributed by atoms with van der Waals surface area (Å²) >= 11 is 0. The van der Waals surface area contributed by atoms with Crippen LogP contribution in [0.5, 0.6) is 0 Å². The molecule has 1 aromatic heterocycles. The molecule has 3 rings (SSSR count). The number of benzene rings is 1. The van der Waals surface area contributed by atoms with Crippen LogP contribution in [0.3, 0.4) is 0 Å². The molecule has 82 valence electrons. The van der Waals surface area contributed by atoms with Gasteiger partial charge in [0.05, 0.1) is 5.52 Å². The van der Waals surface area contributed by atoms with Gasteiger partial charge in [-0.05, 0) is 31.4 Å². The lowest BCUT2D eigenvalue weighted by molar-refractivity contribution is 0.938. The molecule has 16 heavy (non-hydrogen) atoms. The van der Waals surface area contributed by atoms with Crippen LogP contribution in [0, 0.1) is 6.92 Å². The monoisotopic (exact) mass is 213 g/mol. The Hall–Kier alpha value is -1.64. The minimum atomic E-state index is 1.05. The van der Waals surface area contributed by atoms with Gasteiger partial charge in [-0.3, -0.25) is 0 Å². The number of aromatic nitrogens is 2. The largest absolute Gasteiger partial charge is 0.356 e. The van der Waals surface area contributed by atoms with Crippen LogP contribution < -0.4 is 4.90 Å². The Morgan fingerprint density at radius 1 is 1.12 bits per heavy atom. The van der Waals surface area contributed by atoms with Crippen LogP contribution in [0.1, 0.15) is 18.4 Å². The topological polar surface area (TPSA) is 29.0 Å². The predicted octanol–water partition coefficient (Wildman–Crippen LogP) is 2.54. The van der Waals surface area contributed by atoms with E-state index in [1.165, 1.54) is 23.8 Å². The van der Waals surface area contributed by atoms with Crippen LogP contribution in [-0.2, 0) is 0 Å². The average Bonchev–Trinajstić information content (AvgIpc) is 2.82. The normalized spacial score (nSPS) is 15.9. The molecule has 0 saturated carbocycles. The highest BCUT2D eigenvalue weighted by atomic mass is 15.2. The van der Waals surface area contributed by atoms with Crippen molar-refractivity contribution >= 4 is 16.7 Å². The Labute approximate surface area is 95.1 Å². The van der Waals surface area contributed by atoms with Crippen molar-refractivity contribution in [2.24, 2.45) is 0 Å². The summed E-state index contributed by atoms with van der Waals surface area (Å²) in [6, 6.07) is 6.24. The van der Waals surface area contributed by atoms with Crippen molar-refractivity contribution in [3.63, 3.8) is 0 Å². The van der Waals surface area contributed by atoms with Crippen molar-refractivity contribution in [2.75, 3.05) is 18.0 Å². The molecule has 0 aliphatic carbocycles. The number of hydrogen-bond acceptors (Lipinski definition) is 3. The maximum atomic E-state index is 4.46. The van der Waals surface area contributed by atoms with Gasteiger partial charge >= 0.3 is 0 Å². The summed E-state index contributed by atoms with van der Waals surface area (Å²) in [4.78, 5) is 11.2. The van der Waals surface area contributed by atoms with Gasteiger partial charge in [0.25, 0.3) is 0 Å². The van der Waals surface area contributed by atoms with Crippen molar-refractivity contribution in [3.8, 4) is 0 Å². The minimum Gasteiger partial charge on any atom is -0.356 e. The number of rotatable bonds is 1. The standard InChI is InChI=1S/C13H15N3/c1-10-5-4-6-11-12(10)13(15-9-14-11)16-7-2-3-8-16/h4-6,9H,2-3,7-8H2,1H3. The highest BCUT2D eigenvalue weighted by molar-refractivity contribution is 5.92. The molecule has 1 fully saturated rings. The van der Waals surface area contributed by atoms with Crippen molar-refractivity contribution in [2.45, 2.75) is 19.8 Å². The van der Waals surface area contributed by atoms with Gasteiger partial charge in [-0.2, -0.15) is 0 Å². The summed E-state index contributed by atoms with van der Waals surface area (Å²) in [6.07, 6.45) is 4.23. The molecule has 3 nitrogen and oxygen atoms in total. The lowest BCUT2D eigenvalue weighted by atomic mass is 10.1. The Balaban J connectivity index is 2.23. The Kier molecular flexibility index (Phi) is 2.24. The molecule has 1 aliphatic heterocycles. The van der Waals surface area contributed by atoms with Crippen LogP contribution >= 0.6 is 0 Å². The van der Waals surface area contributed by atoms with Gasteiger partial charge in [-0.25, -0.2) is 9.97 Å².